The van der Waals surface area contributed by atoms with E-state index in [1.54, 1.807) is 17.1 Å². The van der Waals surface area contributed by atoms with Gasteiger partial charge in [0.05, 0.1) is 6.20 Å². The number of amides is 1. The number of rotatable bonds is 9. The minimum Gasteiger partial charge on any atom is -0.368 e. The molecule has 1 aromatic heterocycles. The molecule has 0 spiro atoms. The average molecular weight is 238 g/mol. The maximum Gasteiger partial charge on any atom is 0.242 e. The van der Waals surface area contributed by atoms with Gasteiger partial charge in [0.15, 0.2) is 0 Å². The van der Waals surface area contributed by atoms with Crippen LogP contribution in [-0.2, 0) is 4.79 Å². The SMILES string of the molecule is CCCCCCCCC(C(N)=O)n1ccnn1. The topological polar surface area (TPSA) is 73.8 Å². The number of hydrogen-bond donors (Lipinski definition) is 1. The predicted octanol–water partition coefficient (Wildman–Crippen LogP) is 2.06. The molecule has 0 aliphatic carbocycles. The summed E-state index contributed by atoms with van der Waals surface area (Å²) in [7, 11) is 0. The Morgan fingerprint density at radius 3 is 2.59 bits per heavy atom. The lowest BCUT2D eigenvalue weighted by Gasteiger charge is -2.12. The normalized spacial score (nSPS) is 12.5. The summed E-state index contributed by atoms with van der Waals surface area (Å²) in [6, 6.07) is -0.344. The quantitative estimate of drug-likeness (QED) is 0.669. The van der Waals surface area contributed by atoms with E-state index in [1.807, 2.05) is 0 Å². The smallest absolute Gasteiger partial charge is 0.242 e. The first-order chi connectivity index (χ1) is 8.25. The third kappa shape index (κ3) is 4.97. The minimum absolute atomic E-state index is 0.330. The highest BCUT2D eigenvalue weighted by molar-refractivity contribution is 5.78. The van der Waals surface area contributed by atoms with Crippen molar-refractivity contribution in [1.82, 2.24) is 15.0 Å². The van der Waals surface area contributed by atoms with Gasteiger partial charge in [-0.1, -0.05) is 50.7 Å². The van der Waals surface area contributed by atoms with E-state index in [4.69, 9.17) is 5.73 Å². The first-order valence-electron chi connectivity index (χ1n) is 6.40. The number of nitrogens with two attached hydrogens (primary N) is 1. The monoisotopic (exact) mass is 238 g/mol. The van der Waals surface area contributed by atoms with Gasteiger partial charge in [-0.25, -0.2) is 4.68 Å². The summed E-state index contributed by atoms with van der Waals surface area (Å²) in [4.78, 5) is 11.3. The first-order valence-corrected chi connectivity index (χ1v) is 6.40. The molecular formula is C12H22N4O. The fourth-order valence-corrected chi connectivity index (χ4v) is 1.91. The van der Waals surface area contributed by atoms with Crippen molar-refractivity contribution >= 4 is 5.91 Å². The molecule has 0 aromatic carbocycles. The van der Waals surface area contributed by atoms with Crippen molar-refractivity contribution in [2.75, 3.05) is 0 Å². The molecule has 0 aliphatic heterocycles. The zero-order valence-electron chi connectivity index (χ0n) is 10.5. The Bertz CT molecular complexity index is 310. The van der Waals surface area contributed by atoms with Crippen LogP contribution in [0.25, 0.3) is 0 Å². The second-order valence-corrected chi connectivity index (χ2v) is 4.36. The van der Waals surface area contributed by atoms with E-state index in [9.17, 15) is 4.79 Å². The van der Waals surface area contributed by atoms with E-state index in [1.165, 1.54) is 25.7 Å². The maximum absolute atomic E-state index is 11.3. The van der Waals surface area contributed by atoms with Gasteiger partial charge in [0.1, 0.15) is 6.04 Å². The van der Waals surface area contributed by atoms with Crippen molar-refractivity contribution in [3.8, 4) is 0 Å². The van der Waals surface area contributed by atoms with Crippen LogP contribution in [0.3, 0.4) is 0 Å². The van der Waals surface area contributed by atoms with Crippen LogP contribution in [0.2, 0.25) is 0 Å². The third-order valence-electron chi connectivity index (χ3n) is 2.92. The van der Waals surface area contributed by atoms with Crippen LogP contribution in [0.5, 0.6) is 0 Å². The standard InChI is InChI=1S/C12H22N4O/c1-2-3-4-5-6-7-8-11(12(13)17)16-10-9-14-15-16/h9-11H,2-8H2,1H3,(H2,13,17). The van der Waals surface area contributed by atoms with Crippen molar-refractivity contribution in [3.63, 3.8) is 0 Å². The minimum atomic E-state index is -0.344. The summed E-state index contributed by atoms with van der Waals surface area (Å²) in [6.07, 6.45) is 11.2. The lowest BCUT2D eigenvalue weighted by atomic mass is 10.1. The van der Waals surface area contributed by atoms with E-state index in [-0.39, 0.29) is 11.9 Å². The van der Waals surface area contributed by atoms with E-state index in [0.717, 1.165) is 19.3 Å². The molecule has 0 saturated carbocycles. The summed E-state index contributed by atoms with van der Waals surface area (Å²) in [5.41, 5.74) is 5.36. The Morgan fingerprint density at radius 1 is 1.29 bits per heavy atom. The van der Waals surface area contributed by atoms with Crippen LogP contribution in [0, 0.1) is 0 Å². The van der Waals surface area contributed by atoms with E-state index in [0.29, 0.717) is 0 Å². The summed E-state index contributed by atoms with van der Waals surface area (Å²) in [5, 5.41) is 7.53. The highest BCUT2D eigenvalue weighted by Gasteiger charge is 2.17. The van der Waals surface area contributed by atoms with Gasteiger partial charge in [0.2, 0.25) is 5.91 Å². The zero-order chi connectivity index (χ0) is 12.5. The first kappa shape index (κ1) is 13.7. The summed E-state index contributed by atoms with van der Waals surface area (Å²) in [5.74, 6) is -0.330. The third-order valence-corrected chi connectivity index (χ3v) is 2.92. The van der Waals surface area contributed by atoms with Crippen molar-refractivity contribution in [3.05, 3.63) is 12.4 Å². The summed E-state index contributed by atoms with van der Waals surface area (Å²) in [6.45, 7) is 2.20. The highest BCUT2D eigenvalue weighted by Crippen LogP contribution is 2.15. The van der Waals surface area contributed by atoms with Gasteiger partial charge in [-0.15, -0.1) is 5.10 Å². The molecule has 2 N–H and O–H groups in total. The lowest BCUT2D eigenvalue weighted by molar-refractivity contribution is -0.121. The Morgan fingerprint density at radius 2 is 2.00 bits per heavy atom. The Labute approximate surface area is 102 Å². The molecule has 1 aromatic rings. The molecule has 1 atom stereocenters. The Kier molecular flexibility index (Phi) is 6.29. The average Bonchev–Trinajstić information content (AvgIpc) is 2.81. The number of primary amides is 1. The van der Waals surface area contributed by atoms with Gasteiger partial charge in [0, 0.05) is 6.20 Å². The zero-order valence-corrected chi connectivity index (χ0v) is 10.5. The van der Waals surface area contributed by atoms with Gasteiger partial charge in [-0.2, -0.15) is 0 Å². The van der Waals surface area contributed by atoms with Gasteiger partial charge >= 0.3 is 0 Å². The highest BCUT2D eigenvalue weighted by atomic mass is 16.1. The fraction of sp³-hybridized carbons (Fsp3) is 0.750. The fourth-order valence-electron chi connectivity index (χ4n) is 1.91. The molecule has 1 heterocycles. The molecule has 5 nitrogen and oxygen atoms in total. The molecule has 17 heavy (non-hydrogen) atoms. The van der Waals surface area contributed by atoms with Crippen molar-refractivity contribution < 1.29 is 4.79 Å². The van der Waals surface area contributed by atoms with Gasteiger partial charge in [-0.3, -0.25) is 4.79 Å². The summed E-state index contributed by atoms with van der Waals surface area (Å²) >= 11 is 0. The second kappa shape index (κ2) is 7.81. The lowest BCUT2D eigenvalue weighted by Crippen LogP contribution is -2.27. The number of hydrogen-bond acceptors (Lipinski definition) is 3. The largest absolute Gasteiger partial charge is 0.368 e. The number of carbonyl (C=O) groups excluding carboxylic acids is 1. The molecule has 0 radical (unpaired) electrons. The number of unbranched alkanes of at least 4 members (excludes halogenated alkanes) is 5. The number of nitrogens with zero attached hydrogens (tertiary/aromatic N) is 3. The maximum atomic E-state index is 11.3. The number of aromatic nitrogens is 3. The molecule has 1 amide bonds. The molecular weight excluding hydrogens is 216 g/mol. The Hall–Kier alpha value is -1.39. The molecule has 5 heteroatoms. The Balaban J connectivity index is 2.25. The molecule has 0 bridgehead atoms. The summed E-state index contributed by atoms with van der Waals surface area (Å²) < 4.78 is 1.55. The number of carbonyl (C=O) groups is 1. The van der Waals surface area contributed by atoms with Crippen molar-refractivity contribution in [2.24, 2.45) is 5.73 Å². The van der Waals surface area contributed by atoms with E-state index >= 15 is 0 Å². The van der Waals surface area contributed by atoms with Gasteiger partial charge < -0.3 is 5.73 Å². The van der Waals surface area contributed by atoms with E-state index < -0.39 is 0 Å². The van der Waals surface area contributed by atoms with Crippen LogP contribution in [0.15, 0.2) is 12.4 Å². The van der Waals surface area contributed by atoms with E-state index in [2.05, 4.69) is 17.2 Å². The predicted molar refractivity (Wildman–Crippen MR) is 66.2 cm³/mol. The molecule has 0 saturated heterocycles. The van der Waals surface area contributed by atoms with Crippen LogP contribution in [0.4, 0.5) is 0 Å². The van der Waals surface area contributed by atoms with Crippen LogP contribution in [-0.4, -0.2) is 20.9 Å². The van der Waals surface area contributed by atoms with Crippen molar-refractivity contribution in [1.29, 1.82) is 0 Å². The van der Waals surface area contributed by atoms with Gasteiger partial charge in [-0.05, 0) is 6.42 Å². The van der Waals surface area contributed by atoms with Crippen LogP contribution < -0.4 is 5.73 Å². The molecule has 96 valence electrons. The molecule has 1 rings (SSSR count). The molecule has 0 fully saturated rings. The van der Waals surface area contributed by atoms with Crippen LogP contribution >= 0.6 is 0 Å². The second-order valence-electron chi connectivity index (χ2n) is 4.36. The molecule has 1 unspecified atom stereocenters. The van der Waals surface area contributed by atoms with Crippen LogP contribution in [0.1, 0.15) is 57.9 Å². The van der Waals surface area contributed by atoms with Gasteiger partial charge in [0.25, 0.3) is 0 Å². The molecule has 0 aliphatic rings. The van der Waals surface area contributed by atoms with Crippen molar-refractivity contribution in [2.45, 2.75) is 57.9 Å².